The molecule has 1 N–H and O–H groups in total. The average Bonchev–Trinajstić information content (AvgIpc) is 2.75. The summed E-state index contributed by atoms with van der Waals surface area (Å²) in [4.78, 5) is 13.4. The van der Waals surface area contributed by atoms with Crippen molar-refractivity contribution in [1.82, 2.24) is 10.2 Å². The van der Waals surface area contributed by atoms with Gasteiger partial charge in [0.25, 0.3) is 0 Å². The zero-order valence-corrected chi connectivity index (χ0v) is 10.3. The summed E-state index contributed by atoms with van der Waals surface area (Å²) in [6.07, 6.45) is 2.25. The molecule has 4 nitrogen and oxygen atoms in total. The van der Waals surface area contributed by atoms with E-state index in [0.29, 0.717) is 18.8 Å². The van der Waals surface area contributed by atoms with Gasteiger partial charge in [-0.2, -0.15) is 0 Å². The van der Waals surface area contributed by atoms with Gasteiger partial charge in [-0.1, -0.05) is 30.3 Å². The van der Waals surface area contributed by atoms with Gasteiger partial charge in [0.05, 0.1) is 12.7 Å². The molecule has 1 saturated carbocycles. The standard InChI is InChI=1S/C14H18N2O2/c17-14-15-6-7-16(14)12-8-13(9-12)18-10-11-4-2-1-3-5-11/h1-5,12-13H,6-10H2,(H,15,17). The Morgan fingerprint density at radius 3 is 2.72 bits per heavy atom. The predicted molar refractivity (Wildman–Crippen MR) is 68.1 cm³/mol. The van der Waals surface area contributed by atoms with Crippen LogP contribution < -0.4 is 5.32 Å². The second kappa shape index (κ2) is 4.98. The summed E-state index contributed by atoms with van der Waals surface area (Å²) in [7, 11) is 0. The zero-order chi connectivity index (χ0) is 12.4. The van der Waals surface area contributed by atoms with E-state index in [-0.39, 0.29) is 6.03 Å². The van der Waals surface area contributed by atoms with Gasteiger partial charge >= 0.3 is 6.03 Å². The first-order chi connectivity index (χ1) is 8.83. The minimum atomic E-state index is 0.0847. The molecule has 0 spiro atoms. The Labute approximate surface area is 107 Å². The second-order valence-electron chi connectivity index (χ2n) is 4.97. The third kappa shape index (κ3) is 2.34. The van der Waals surface area contributed by atoms with Crippen molar-refractivity contribution in [2.45, 2.75) is 31.6 Å². The summed E-state index contributed by atoms with van der Waals surface area (Å²) >= 11 is 0. The number of hydrogen-bond donors (Lipinski definition) is 1. The van der Waals surface area contributed by atoms with Crippen LogP contribution in [-0.4, -0.2) is 36.2 Å². The molecule has 1 aromatic rings. The Morgan fingerprint density at radius 1 is 1.28 bits per heavy atom. The lowest BCUT2D eigenvalue weighted by Gasteiger charge is -2.40. The van der Waals surface area contributed by atoms with Gasteiger partial charge in [-0.05, 0) is 18.4 Å². The Kier molecular flexibility index (Phi) is 3.19. The highest BCUT2D eigenvalue weighted by molar-refractivity contribution is 5.76. The van der Waals surface area contributed by atoms with E-state index >= 15 is 0 Å². The van der Waals surface area contributed by atoms with Gasteiger partial charge < -0.3 is 15.0 Å². The highest BCUT2D eigenvalue weighted by Gasteiger charge is 2.38. The third-order valence-electron chi connectivity index (χ3n) is 3.73. The molecule has 2 amide bonds. The molecule has 96 valence electrons. The van der Waals surface area contributed by atoms with E-state index in [9.17, 15) is 4.79 Å². The summed E-state index contributed by atoms with van der Waals surface area (Å²) in [5.74, 6) is 0. The first-order valence-electron chi connectivity index (χ1n) is 6.53. The molecular formula is C14H18N2O2. The van der Waals surface area contributed by atoms with Crippen molar-refractivity contribution >= 4 is 6.03 Å². The number of amides is 2. The summed E-state index contributed by atoms with van der Waals surface area (Å²) in [6, 6.07) is 10.7. The van der Waals surface area contributed by atoms with Crippen LogP contribution in [0.25, 0.3) is 0 Å². The topological polar surface area (TPSA) is 41.6 Å². The van der Waals surface area contributed by atoms with Crippen molar-refractivity contribution in [2.24, 2.45) is 0 Å². The molecule has 3 rings (SSSR count). The van der Waals surface area contributed by atoms with Gasteiger partial charge in [-0.25, -0.2) is 4.79 Å². The molecule has 4 heteroatoms. The number of benzene rings is 1. The van der Waals surface area contributed by atoms with Crippen LogP contribution in [0.3, 0.4) is 0 Å². The lowest BCUT2D eigenvalue weighted by atomic mass is 9.88. The number of rotatable bonds is 4. The van der Waals surface area contributed by atoms with Crippen molar-refractivity contribution in [3.63, 3.8) is 0 Å². The van der Waals surface area contributed by atoms with Gasteiger partial charge in [0, 0.05) is 19.1 Å². The largest absolute Gasteiger partial charge is 0.373 e. The van der Waals surface area contributed by atoms with E-state index in [4.69, 9.17) is 4.74 Å². The summed E-state index contributed by atoms with van der Waals surface area (Å²) in [6.45, 7) is 2.30. The Bertz CT molecular complexity index is 415. The van der Waals surface area contributed by atoms with Crippen molar-refractivity contribution in [3.8, 4) is 0 Å². The van der Waals surface area contributed by atoms with Crippen molar-refractivity contribution < 1.29 is 9.53 Å². The van der Waals surface area contributed by atoms with Crippen LogP contribution in [0.1, 0.15) is 18.4 Å². The lowest BCUT2D eigenvalue weighted by Crippen LogP contribution is -2.49. The van der Waals surface area contributed by atoms with E-state index < -0.39 is 0 Å². The Hall–Kier alpha value is -1.55. The molecule has 0 unspecified atom stereocenters. The van der Waals surface area contributed by atoms with Gasteiger partial charge in [0.1, 0.15) is 0 Å². The first-order valence-corrected chi connectivity index (χ1v) is 6.53. The molecule has 1 aliphatic heterocycles. The van der Waals surface area contributed by atoms with Gasteiger partial charge in [-0.3, -0.25) is 0 Å². The molecule has 2 aliphatic rings. The molecule has 0 atom stereocenters. The van der Waals surface area contributed by atoms with Crippen LogP contribution >= 0.6 is 0 Å². The first kappa shape index (κ1) is 11.5. The highest BCUT2D eigenvalue weighted by atomic mass is 16.5. The van der Waals surface area contributed by atoms with E-state index in [0.717, 1.165) is 25.9 Å². The van der Waals surface area contributed by atoms with E-state index in [1.807, 2.05) is 23.1 Å². The number of nitrogens with zero attached hydrogens (tertiary/aromatic N) is 1. The fourth-order valence-corrected chi connectivity index (χ4v) is 2.55. The number of hydrogen-bond acceptors (Lipinski definition) is 2. The summed E-state index contributed by atoms with van der Waals surface area (Å²) < 4.78 is 5.83. The van der Waals surface area contributed by atoms with Crippen molar-refractivity contribution in [2.75, 3.05) is 13.1 Å². The highest BCUT2D eigenvalue weighted by Crippen LogP contribution is 2.29. The fourth-order valence-electron chi connectivity index (χ4n) is 2.55. The molecule has 0 aromatic heterocycles. The Morgan fingerprint density at radius 2 is 2.06 bits per heavy atom. The SMILES string of the molecule is O=C1NCCN1C1CC(OCc2ccccc2)C1. The number of urea groups is 1. The molecule has 0 radical (unpaired) electrons. The van der Waals surface area contributed by atoms with Crippen molar-refractivity contribution in [3.05, 3.63) is 35.9 Å². The molecule has 0 bridgehead atoms. The molecule has 18 heavy (non-hydrogen) atoms. The summed E-state index contributed by atoms with van der Waals surface area (Å²) in [5.41, 5.74) is 1.21. The van der Waals surface area contributed by atoms with Gasteiger partial charge in [0.15, 0.2) is 0 Å². The van der Waals surface area contributed by atoms with Crippen LogP contribution in [0.2, 0.25) is 0 Å². The molecular weight excluding hydrogens is 228 g/mol. The fraction of sp³-hybridized carbons (Fsp3) is 0.500. The minimum absolute atomic E-state index is 0.0847. The maximum atomic E-state index is 11.5. The number of carbonyl (C=O) groups is 1. The molecule has 1 aromatic carbocycles. The molecule has 1 aliphatic carbocycles. The quantitative estimate of drug-likeness (QED) is 0.879. The predicted octanol–water partition coefficient (Wildman–Crippen LogP) is 1.76. The lowest BCUT2D eigenvalue weighted by molar-refractivity contribution is -0.0460. The third-order valence-corrected chi connectivity index (χ3v) is 3.73. The van der Waals surface area contributed by atoms with Crippen molar-refractivity contribution in [1.29, 1.82) is 0 Å². The maximum absolute atomic E-state index is 11.5. The normalized spacial score (nSPS) is 26.9. The molecule has 2 fully saturated rings. The van der Waals surface area contributed by atoms with Gasteiger partial charge in [0.2, 0.25) is 0 Å². The second-order valence-corrected chi connectivity index (χ2v) is 4.97. The number of nitrogens with one attached hydrogen (secondary N) is 1. The maximum Gasteiger partial charge on any atom is 0.317 e. The zero-order valence-electron chi connectivity index (χ0n) is 10.3. The molecule has 1 saturated heterocycles. The van der Waals surface area contributed by atoms with Crippen LogP contribution in [0.5, 0.6) is 0 Å². The van der Waals surface area contributed by atoms with Crippen LogP contribution in [0.15, 0.2) is 30.3 Å². The monoisotopic (exact) mass is 246 g/mol. The van der Waals surface area contributed by atoms with E-state index in [1.54, 1.807) is 0 Å². The van der Waals surface area contributed by atoms with Crippen LogP contribution in [0, 0.1) is 0 Å². The molecule has 1 heterocycles. The van der Waals surface area contributed by atoms with E-state index in [2.05, 4.69) is 17.4 Å². The van der Waals surface area contributed by atoms with Crippen LogP contribution in [0.4, 0.5) is 4.79 Å². The minimum Gasteiger partial charge on any atom is -0.373 e. The number of ether oxygens (including phenoxy) is 1. The Balaban J connectivity index is 1.42. The van der Waals surface area contributed by atoms with E-state index in [1.165, 1.54) is 5.56 Å². The average molecular weight is 246 g/mol. The smallest absolute Gasteiger partial charge is 0.317 e. The summed E-state index contributed by atoms with van der Waals surface area (Å²) in [5, 5.41) is 2.84. The number of carbonyl (C=O) groups excluding carboxylic acids is 1. The van der Waals surface area contributed by atoms with Gasteiger partial charge in [-0.15, -0.1) is 0 Å². The van der Waals surface area contributed by atoms with Crippen LogP contribution in [-0.2, 0) is 11.3 Å².